The molecule has 7 nitrogen and oxygen atoms in total. The Hall–Kier alpha value is -2.38. The summed E-state index contributed by atoms with van der Waals surface area (Å²) in [4.78, 5) is 25.0. The maximum absolute atomic E-state index is 12.7. The molecule has 0 bridgehead atoms. The van der Waals surface area contributed by atoms with Crippen LogP contribution in [-0.4, -0.2) is 53.3 Å². The second-order valence-corrected chi connectivity index (χ2v) is 8.01. The van der Waals surface area contributed by atoms with Gasteiger partial charge in [-0.1, -0.05) is 12.1 Å². The van der Waals surface area contributed by atoms with Crippen LogP contribution in [0.3, 0.4) is 0 Å². The van der Waals surface area contributed by atoms with Gasteiger partial charge in [0.25, 0.3) is 5.56 Å². The van der Waals surface area contributed by atoms with Crippen LogP contribution in [-0.2, 0) is 24.2 Å². The molecule has 0 saturated carbocycles. The first kappa shape index (κ1) is 19.9. The number of ether oxygens (including phenoxy) is 2. The maximum atomic E-state index is 12.7. The van der Waals surface area contributed by atoms with Gasteiger partial charge in [-0.3, -0.25) is 14.7 Å². The number of hydrogen-bond donors (Lipinski definition) is 1. The van der Waals surface area contributed by atoms with Gasteiger partial charge in [-0.05, 0) is 44.9 Å². The van der Waals surface area contributed by atoms with Gasteiger partial charge in [0.05, 0.1) is 24.5 Å². The van der Waals surface area contributed by atoms with Crippen molar-refractivity contribution < 1.29 is 9.47 Å². The highest BCUT2D eigenvalue weighted by molar-refractivity contribution is 5.35. The van der Waals surface area contributed by atoms with E-state index in [2.05, 4.69) is 40.8 Å². The lowest BCUT2D eigenvalue weighted by Crippen LogP contribution is -2.47. The summed E-state index contributed by atoms with van der Waals surface area (Å²) in [6.07, 6.45) is 0.970. The van der Waals surface area contributed by atoms with Crippen LogP contribution in [0.25, 0.3) is 0 Å². The number of rotatable bonds is 5. The van der Waals surface area contributed by atoms with Crippen molar-refractivity contribution in [3.63, 3.8) is 0 Å². The number of benzene rings is 1. The Bertz CT molecular complexity index is 886. The number of anilines is 1. The van der Waals surface area contributed by atoms with Gasteiger partial charge in [0.2, 0.25) is 5.95 Å². The number of nitrogens with zero attached hydrogens (tertiary/aromatic N) is 3. The van der Waals surface area contributed by atoms with Gasteiger partial charge in [0.1, 0.15) is 5.75 Å². The SMILES string of the molecule is CCOc1ccc(CN2CCc3c(nc(N4CC(C)OC(C)C4)[nH]c3=O)C2)cc1. The Morgan fingerprint density at radius 3 is 2.62 bits per heavy atom. The second kappa shape index (κ2) is 8.55. The Kier molecular flexibility index (Phi) is 5.87. The van der Waals surface area contributed by atoms with E-state index in [-0.39, 0.29) is 17.8 Å². The van der Waals surface area contributed by atoms with Crippen LogP contribution in [0.15, 0.2) is 29.1 Å². The van der Waals surface area contributed by atoms with E-state index in [1.54, 1.807) is 0 Å². The highest BCUT2D eigenvalue weighted by atomic mass is 16.5. The molecule has 0 spiro atoms. The van der Waals surface area contributed by atoms with E-state index in [9.17, 15) is 4.79 Å². The number of nitrogens with one attached hydrogen (secondary N) is 1. The summed E-state index contributed by atoms with van der Waals surface area (Å²) in [6, 6.07) is 8.23. The summed E-state index contributed by atoms with van der Waals surface area (Å²) >= 11 is 0. The first-order valence-electron chi connectivity index (χ1n) is 10.5. The van der Waals surface area contributed by atoms with Crippen molar-refractivity contribution in [3.05, 3.63) is 51.4 Å². The van der Waals surface area contributed by atoms with Crippen molar-refractivity contribution in [2.75, 3.05) is 31.1 Å². The molecule has 156 valence electrons. The molecule has 1 aromatic heterocycles. The number of hydrogen-bond acceptors (Lipinski definition) is 6. The molecule has 1 N–H and O–H groups in total. The molecule has 0 aliphatic carbocycles. The standard InChI is InChI=1S/C22H30N4O3/c1-4-28-18-7-5-17(6-8-18)13-25-10-9-19-20(14-25)23-22(24-21(19)27)26-11-15(2)29-16(3)12-26/h5-8,15-16H,4,9-14H2,1-3H3,(H,23,24,27). The molecule has 0 amide bonds. The van der Waals surface area contributed by atoms with Gasteiger partial charge in [-0.25, -0.2) is 4.98 Å². The van der Waals surface area contributed by atoms with E-state index in [1.807, 2.05) is 19.1 Å². The van der Waals surface area contributed by atoms with Gasteiger partial charge < -0.3 is 14.4 Å². The molecule has 2 unspecified atom stereocenters. The van der Waals surface area contributed by atoms with E-state index in [0.29, 0.717) is 19.1 Å². The lowest BCUT2D eigenvalue weighted by atomic mass is 10.1. The van der Waals surface area contributed by atoms with Crippen LogP contribution < -0.4 is 15.2 Å². The van der Waals surface area contributed by atoms with Crippen molar-refractivity contribution in [2.24, 2.45) is 0 Å². The van der Waals surface area contributed by atoms with E-state index >= 15 is 0 Å². The monoisotopic (exact) mass is 398 g/mol. The fraction of sp³-hybridized carbons (Fsp3) is 0.545. The molecule has 7 heteroatoms. The maximum Gasteiger partial charge on any atom is 0.255 e. The first-order chi connectivity index (χ1) is 14.0. The molecule has 3 heterocycles. The number of aromatic amines is 1. The molecule has 1 saturated heterocycles. The zero-order valence-corrected chi connectivity index (χ0v) is 17.5. The van der Waals surface area contributed by atoms with Gasteiger partial charge in [-0.2, -0.15) is 0 Å². The Balaban J connectivity index is 1.49. The Labute approximate surface area is 171 Å². The molecular weight excluding hydrogens is 368 g/mol. The second-order valence-electron chi connectivity index (χ2n) is 8.01. The van der Waals surface area contributed by atoms with Crippen LogP contribution >= 0.6 is 0 Å². The summed E-state index contributed by atoms with van der Waals surface area (Å²) in [7, 11) is 0. The predicted molar refractivity (Wildman–Crippen MR) is 113 cm³/mol. The van der Waals surface area contributed by atoms with E-state index in [0.717, 1.165) is 49.6 Å². The molecule has 2 atom stereocenters. The van der Waals surface area contributed by atoms with Crippen molar-refractivity contribution in [1.29, 1.82) is 0 Å². The van der Waals surface area contributed by atoms with Crippen molar-refractivity contribution >= 4 is 5.95 Å². The van der Waals surface area contributed by atoms with Crippen LogP contribution in [0.5, 0.6) is 5.75 Å². The van der Waals surface area contributed by atoms with E-state index in [4.69, 9.17) is 14.5 Å². The zero-order valence-electron chi connectivity index (χ0n) is 17.5. The fourth-order valence-corrected chi connectivity index (χ4v) is 4.23. The molecule has 2 aliphatic heterocycles. The highest BCUT2D eigenvalue weighted by Gasteiger charge is 2.27. The Morgan fingerprint density at radius 1 is 1.21 bits per heavy atom. The first-order valence-corrected chi connectivity index (χ1v) is 10.5. The molecule has 1 fully saturated rings. The normalized spacial score (nSPS) is 22.4. The third-order valence-electron chi connectivity index (χ3n) is 5.50. The smallest absolute Gasteiger partial charge is 0.255 e. The molecular formula is C22H30N4O3. The Morgan fingerprint density at radius 2 is 1.93 bits per heavy atom. The van der Waals surface area contributed by atoms with Crippen molar-refractivity contribution in [1.82, 2.24) is 14.9 Å². The van der Waals surface area contributed by atoms with Crippen molar-refractivity contribution in [3.8, 4) is 5.75 Å². The zero-order chi connectivity index (χ0) is 20.4. The minimum atomic E-state index is -0.00230. The van der Waals surface area contributed by atoms with E-state index in [1.165, 1.54) is 5.56 Å². The predicted octanol–water partition coefficient (Wildman–Crippen LogP) is 2.34. The summed E-state index contributed by atoms with van der Waals surface area (Å²) < 4.78 is 11.3. The molecule has 1 aromatic carbocycles. The molecule has 2 aliphatic rings. The summed E-state index contributed by atoms with van der Waals surface area (Å²) in [5.41, 5.74) is 2.95. The fourth-order valence-electron chi connectivity index (χ4n) is 4.23. The average Bonchev–Trinajstić information content (AvgIpc) is 2.69. The van der Waals surface area contributed by atoms with Gasteiger partial charge >= 0.3 is 0 Å². The topological polar surface area (TPSA) is 70.7 Å². The molecule has 0 radical (unpaired) electrons. The van der Waals surface area contributed by atoms with Crippen LogP contribution in [0, 0.1) is 0 Å². The highest BCUT2D eigenvalue weighted by Crippen LogP contribution is 2.21. The largest absolute Gasteiger partial charge is 0.494 e. The third-order valence-corrected chi connectivity index (χ3v) is 5.50. The van der Waals surface area contributed by atoms with Gasteiger partial charge in [-0.15, -0.1) is 0 Å². The van der Waals surface area contributed by atoms with Gasteiger partial charge in [0, 0.05) is 38.3 Å². The lowest BCUT2D eigenvalue weighted by molar-refractivity contribution is -0.00576. The van der Waals surface area contributed by atoms with Crippen LogP contribution in [0.1, 0.15) is 37.6 Å². The summed E-state index contributed by atoms with van der Waals surface area (Å²) in [5.74, 6) is 1.56. The van der Waals surface area contributed by atoms with E-state index < -0.39 is 0 Å². The quantitative estimate of drug-likeness (QED) is 0.834. The molecule has 4 rings (SSSR count). The number of morpholine rings is 1. The van der Waals surface area contributed by atoms with Crippen LogP contribution in [0.2, 0.25) is 0 Å². The summed E-state index contributed by atoms with van der Waals surface area (Å²) in [6.45, 7) is 10.6. The number of aromatic nitrogens is 2. The minimum absolute atomic E-state index is 0.00230. The van der Waals surface area contributed by atoms with Gasteiger partial charge in [0.15, 0.2) is 0 Å². The molecule has 2 aromatic rings. The lowest BCUT2D eigenvalue weighted by Gasteiger charge is -2.36. The van der Waals surface area contributed by atoms with Crippen LogP contribution in [0.4, 0.5) is 5.95 Å². The number of H-pyrrole nitrogens is 1. The third kappa shape index (κ3) is 4.62. The average molecular weight is 399 g/mol. The number of fused-ring (bicyclic) bond motifs is 1. The molecule has 29 heavy (non-hydrogen) atoms. The van der Waals surface area contributed by atoms with Crippen molar-refractivity contribution in [2.45, 2.75) is 52.5 Å². The minimum Gasteiger partial charge on any atom is -0.494 e. The summed E-state index contributed by atoms with van der Waals surface area (Å²) in [5, 5.41) is 0.